The Kier molecular flexibility index (Phi) is 6.82. The predicted molar refractivity (Wildman–Crippen MR) is 70.8 cm³/mol. The van der Waals surface area contributed by atoms with Crippen molar-refractivity contribution in [2.24, 2.45) is 5.16 Å². The topological polar surface area (TPSA) is 36.5 Å². The third-order valence-electron chi connectivity index (χ3n) is 2.81. The molecule has 2 aromatic rings. The van der Waals surface area contributed by atoms with Gasteiger partial charge in [-0.25, -0.2) is 4.57 Å². The van der Waals surface area contributed by atoms with Crippen molar-refractivity contribution >= 4 is 6.21 Å². The summed E-state index contributed by atoms with van der Waals surface area (Å²) in [7, 11) is 0. The second-order valence-corrected chi connectivity index (χ2v) is 4.21. The Balaban J connectivity index is 0.00000180. The van der Waals surface area contributed by atoms with Gasteiger partial charge in [-0.15, -0.1) is 0 Å². The average Bonchev–Trinajstić information content (AvgIpc) is 2.41. The molecule has 19 heavy (non-hydrogen) atoms. The van der Waals surface area contributed by atoms with Gasteiger partial charge in [-0.1, -0.05) is 35.5 Å². The molecule has 0 aliphatic heterocycles. The van der Waals surface area contributed by atoms with Crippen molar-refractivity contribution in [1.29, 1.82) is 0 Å². The molecule has 1 aromatic carbocycles. The Morgan fingerprint density at radius 3 is 2.63 bits per heavy atom. The third kappa shape index (κ3) is 5.22. The van der Waals surface area contributed by atoms with Crippen molar-refractivity contribution in [2.75, 3.05) is 0 Å². The van der Waals surface area contributed by atoms with E-state index in [0.29, 0.717) is 0 Å². The van der Waals surface area contributed by atoms with Crippen molar-refractivity contribution in [1.82, 2.24) is 0 Å². The molecule has 0 spiro atoms. The van der Waals surface area contributed by atoms with E-state index in [4.69, 9.17) is 5.21 Å². The number of nitrogens with zero attached hydrogens (tertiary/aromatic N) is 2. The fourth-order valence-electron chi connectivity index (χ4n) is 1.93. The Labute approximate surface area is 124 Å². The molecule has 0 saturated carbocycles. The second-order valence-electron chi connectivity index (χ2n) is 4.21. The van der Waals surface area contributed by atoms with Crippen molar-refractivity contribution in [2.45, 2.75) is 19.4 Å². The maximum absolute atomic E-state index is 8.50. The van der Waals surface area contributed by atoms with Gasteiger partial charge in [0.1, 0.15) is 6.54 Å². The highest BCUT2D eigenvalue weighted by Gasteiger charge is 2.01. The molecule has 0 fully saturated rings. The number of oxime groups is 1. The monoisotopic (exact) mass is 320 g/mol. The SMILES string of the molecule is O/N=C/c1ccc[n+](CCCc2ccccc2)c1.[Br-]. The maximum atomic E-state index is 8.50. The maximum Gasteiger partial charge on any atom is 0.177 e. The number of hydrogen-bond donors (Lipinski definition) is 1. The van der Waals surface area contributed by atoms with E-state index in [9.17, 15) is 0 Å². The van der Waals surface area contributed by atoms with Gasteiger partial charge in [0.2, 0.25) is 0 Å². The van der Waals surface area contributed by atoms with Crippen LogP contribution in [0.3, 0.4) is 0 Å². The molecule has 0 aliphatic carbocycles. The standard InChI is InChI=1S/C15H16N2O.BrH/c18-16-12-15-9-5-11-17(13-15)10-4-8-14-6-2-1-3-7-14;/h1-3,5-7,9,11-13H,4,8,10H2;1H/b16-12+;. The molecule has 1 N–H and O–H groups in total. The minimum atomic E-state index is 0. The van der Waals surface area contributed by atoms with Crippen LogP contribution in [-0.4, -0.2) is 11.4 Å². The van der Waals surface area contributed by atoms with Gasteiger partial charge >= 0.3 is 0 Å². The molecule has 100 valence electrons. The Morgan fingerprint density at radius 2 is 1.89 bits per heavy atom. The van der Waals surface area contributed by atoms with Crippen molar-refractivity contribution in [3.05, 3.63) is 66.0 Å². The van der Waals surface area contributed by atoms with Crippen LogP contribution in [0.2, 0.25) is 0 Å². The van der Waals surface area contributed by atoms with Gasteiger partial charge in [0.15, 0.2) is 12.4 Å². The van der Waals surface area contributed by atoms with E-state index in [2.05, 4.69) is 34.0 Å². The molecule has 4 heteroatoms. The van der Waals surface area contributed by atoms with Crippen LogP contribution in [0.15, 0.2) is 60.0 Å². The Morgan fingerprint density at radius 1 is 1.11 bits per heavy atom. The fourth-order valence-corrected chi connectivity index (χ4v) is 1.93. The molecular formula is C15H17BrN2O. The van der Waals surface area contributed by atoms with E-state index < -0.39 is 0 Å². The molecule has 0 unspecified atom stereocenters. The van der Waals surface area contributed by atoms with Crippen LogP contribution in [-0.2, 0) is 13.0 Å². The molecule has 2 rings (SSSR count). The summed E-state index contributed by atoms with van der Waals surface area (Å²) >= 11 is 0. The molecule has 0 amide bonds. The highest BCUT2D eigenvalue weighted by molar-refractivity contribution is 5.77. The van der Waals surface area contributed by atoms with E-state index in [0.717, 1.165) is 24.9 Å². The number of pyridine rings is 1. The molecule has 0 saturated heterocycles. The Bertz CT molecular complexity index is 515. The van der Waals surface area contributed by atoms with Crippen molar-refractivity contribution < 1.29 is 26.8 Å². The second kappa shape index (κ2) is 8.43. The van der Waals surface area contributed by atoms with Crippen LogP contribution in [0.1, 0.15) is 17.5 Å². The summed E-state index contributed by atoms with van der Waals surface area (Å²) in [4.78, 5) is 0. The first-order chi connectivity index (χ1) is 8.88. The Hall–Kier alpha value is -1.68. The highest BCUT2D eigenvalue weighted by atomic mass is 79.9. The van der Waals surface area contributed by atoms with Crippen LogP contribution < -0.4 is 21.5 Å². The summed E-state index contributed by atoms with van der Waals surface area (Å²) < 4.78 is 2.11. The van der Waals surface area contributed by atoms with Crippen LogP contribution in [0.5, 0.6) is 0 Å². The molecule has 0 aliphatic rings. The number of halogens is 1. The predicted octanol–water partition coefficient (Wildman–Crippen LogP) is -0.581. The summed E-state index contributed by atoms with van der Waals surface area (Å²) in [5.74, 6) is 0. The summed E-state index contributed by atoms with van der Waals surface area (Å²) in [6, 6.07) is 14.4. The minimum Gasteiger partial charge on any atom is -1.00 e. The number of aromatic nitrogens is 1. The lowest BCUT2D eigenvalue weighted by Crippen LogP contribution is -3.00. The molecule has 1 heterocycles. The first-order valence-electron chi connectivity index (χ1n) is 6.09. The minimum absolute atomic E-state index is 0. The zero-order valence-electron chi connectivity index (χ0n) is 10.6. The quantitative estimate of drug-likeness (QED) is 0.340. The molecular weight excluding hydrogens is 304 g/mol. The lowest BCUT2D eigenvalue weighted by atomic mass is 10.1. The van der Waals surface area contributed by atoms with Crippen LogP contribution in [0.25, 0.3) is 0 Å². The van der Waals surface area contributed by atoms with Gasteiger partial charge in [0.05, 0.1) is 11.8 Å². The van der Waals surface area contributed by atoms with E-state index in [1.807, 2.05) is 30.6 Å². The summed E-state index contributed by atoms with van der Waals surface area (Å²) in [6.07, 6.45) is 7.61. The molecule has 0 atom stereocenters. The molecule has 3 nitrogen and oxygen atoms in total. The molecule has 0 radical (unpaired) electrons. The first-order valence-corrected chi connectivity index (χ1v) is 6.09. The zero-order valence-corrected chi connectivity index (χ0v) is 12.2. The van der Waals surface area contributed by atoms with Crippen LogP contribution in [0, 0.1) is 0 Å². The summed E-state index contributed by atoms with van der Waals surface area (Å²) in [5.41, 5.74) is 2.27. The largest absolute Gasteiger partial charge is 1.00 e. The average molecular weight is 321 g/mol. The zero-order chi connectivity index (χ0) is 12.6. The van der Waals surface area contributed by atoms with E-state index >= 15 is 0 Å². The van der Waals surface area contributed by atoms with E-state index in [1.165, 1.54) is 11.8 Å². The lowest BCUT2D eigenvalue weighted by Gasteiger charge is -1.99. The van der Waals surface area contributed by atoms with Crippen molar-refractivity contribution in [3.8, 4) is 0 Å². The third-order valence-corrected chi connectivity index (χ3v) is 2.81. The fraction of sp³-hybridized carbons (Fsp3) is 0.200. The number of aryl methyl sites for hydroxylation is 2. The summed E-state index contributed by atoms with van der Waals surface area (Å²) in [6.45, 7) is 0.960. The number of rotatable bonds is 5. The van der Waals surface area contributed by atoms with Crippen LogP contribution >= 0.6 is 0 Å². The molecule has 0 bridgehead atoms. The van der Waals surface area contributed by atoms with Gasteiger partial charge in [-0.05, 0) is 18.1 Å². The first kappa shape index (κ1) is 15.4. The smallest absolute Gasteiger partial charge is 0.177 e. The van der Waals surface area contributed by atoms with Crippen LogP contribution in [0.4, 0.5) is 0 Å². The normalized spacial score (nSPS) is 10.3. The number of benzene rings is 1. The lowest BCUT2D eigenvalue weighted by molar-refractivity contribution is -0.697. The van der Waals surface area contributed by atoms with Gasteiger partial charge in [-0.2, -0.15) is 0 Å². The molecule has 1 aromatic heterocycles. The summed E-state index contributed by atoms with van der Waals surface area (Å²) in [5, 5.41) is 11.5. The number of hydrogen-bond acceptors (Lipinski definition) is 2. The highest BCUT2D eigenvalue weighted by Crippen LogP contribution is 2.02. The van der Waals surface area contributed by atoms with E-state index in [-0.39, 0.29) is 17.0 Å². The van der Waals surface area contributed by atoms with Crippen molar-refractivity contribution in [3.63, 3.8) is 0 Å². The van der Waals surface area contributed by atoms with E-state index in [1.54, 1.807) is 0 Å². The van der Waals surface area contributed by atoms with Gasteiger partial charge in [0.25, 0.3) is 0 Å². The van der Waals surface area contributed by atoms with Gasteiger partial charge < -0.3 is 22.2 Å². The van der Waals surface area contributed by atoms with Gasteiger partial charge in [-0.3, -0.25) is 0 Å². The van der Waals surface area contributed by atoms with Gasteiger partial charge in [0, 0.05) is 12.5 Å².